The van der Waals surface area contributed by atoms with E-state index in [0.717, 1.165) is 0 Å². The predicted molar refractivity (Wildman–Crippen MR) is 133 cm³/mol. The number of aliphatic hydroxyl groups excluding tert-OH is 1. The number of carbonyl (C=O) groups is 1. The molecule has 15 nitrogen and oxygen atoms in total. The molecule has 0 bridgehead atoms. The van der Waals surface area contributed by atoms with Gasteiger partial charge in [-0.1, -0.05) is 23.3 Å². The number of hydrogen-bond donors (Lipinski definition) is 3. The van der Waals surface area contributed by atoms with Crippen molar-refractivity contribution in [1.82, 2.24) is 14.6 Å². The average Bonchev–Trinajstić information content (AvgIpc) is 3.10. The monoisotopic (exact) mass is 570 g/mol. The Morgan fingerprint density at radius 1 is 1.36 bits per heavy atom. The molecule has 0 spiro atoms. The van der Waals surface area contributed by atoms with Gasteiger partial charge in [0.15, 0.2) is 6.23 Å². The number of nitrogens with zero attached hydrogens (tertiary/aromatic N) is 4. The summed E-state index contributed by atoms with van der Waals surface area (Å²) in [5.74, 6) is -1.95. The molecule has 0 aliphatic carbocycles. The Morgan fingerprint density at radius 2 is 2.03 bits per heavy atom. The number of aliphatic hydroxyl groups is 1. The van der Waals surface area contributed by atoms with E-state index in [4.69, 9.17) is 24.1 Å². The van der Waals surface area contributed by atoms with Crippen LogP contribution in [-0.2, 0) is 23.4 Å². The molecule has 2 heterocycles. The van der Waals surface area contributed by atoms with E-state index in [-0.39, 0.29) is 5.75 Å². The number of esters is 1. The number of para-hydroxylation sites is 1. The lowest BCUT2D eigenvalue weighted by molar-refractivity contribution is -0.149. The second-order valence-electron chi connectivity index (χ2n) is 9.06. The Morgan fingerprint density at radius 3 is 2.64 bits per heavy atom. The van der Waals surface area contributed by atoms with Gasteiger partial charge >= 0.3 is 19.4 Å². The first kappa shape index (κ1) is 30.0. The van der Waals surface area contributed by atoms with E-state index < -0.39 is 73.5 Å². The van der Waals surface area contributed by atoms with Crippen molar-refractivity contribution in [1.29, 1.82) is 0 Å². The van der Waals surface area contributed by atoms with Crippen LogP contribution >= 0.6 is 7.75 Å². The lowest BCUT2D eigenvalue weighted by Crippen LogP contribution is -2.46. The third kappa shape index (κ3) is 6.92. The van der Waals surface area contributed by atoms with Crippen molar-refractivity contribution in [3.63, 3.8) is 0 Å². The molecule has 39 heavy (non-hydrogen) atoms. The molecule has 6 atom stereocenters. The number of aromatic nitrogens is 2. The number of rotatable bonds is 11. The summed E-state index contributed by atoms with van der Waals surface area (Å²) in [5, 5.41) is 17.0. The van der Waals surface area contributed by atoms with Gasteiger partial charge in [0.05, 0.1) is 25.0 Å². The van der Waals surface area contributed by atoms with Crippen LogP contribution in [0.2, 0.25) is 0 Å². The Kier molecular flexibility index (Phi) is 9.33. The minimum atomic E-state index is -4.37. The number of azide groups is 1. The first-order chi connectivity index (χ1) is 18.3. The van der Waals surface area contributed by atoms with Crippen LogP contribution in [0.4, 0.5) is 4.39 Å². The van der Waals surface area contributed by atoms with Crippen LogP contribution in [0.15, 0.2) is 51.2 Å². The summed E-state index contributed by atoms with van der Waals surface area (Å²) in [4.78, 5) is 40.6. The molecule has 17 heteroatoms. The Bertz CT molecular complexity index is 1400. The number of halogens is 1. The molecular weight excluding hydrogens is 542 g/mol. The molecule has 3 N–H and O–H groups in total. The fraction of sp³-hybridized carbons (Fsp3) is 0.500. The molecule has 0 saturated carbocycles. The van der Waals surface area contributed by atoms with E-state index in [2.05, 4.69) is 15.1 Å². The van der Waals surface area contributed by atoms with Crippen LogP contribution in [-0.4, -0.2) is 57.1 Å². The number of benzene rings is 1. The zero-order valence-corrected chi connectivity index (χ0v) is 22.3. The first-order valence-electron chi connectivity index (χ1n) is 11.7. The topological polar surface area (TPSA) is 207 Å². The Labute approximate surface area is 221 Å². The number of nitrogens with one attached hydrogen (secondary N) is 2. The summed E-state index contributed by atoms with van der Waals surface area (Å²) in [6.07, 6.45) is -4.58. The van der Waals surface area contributed by atoms with Crippen LogP contribution in [0.25, 0.3) is 10.4 Å². The Hall–Kier alpha value is -3.52. The van der Waals surface area contributed by atoms with Crippen molar-refractivity contribution < 1.29 is 37.4 Å². The van der Waals surface area contributed by atoms with Crippen molar-refractivity contribution in [2.24, 2.45) is 5.11 Å². The standard InChI is InChI=1S/C22H28FN6O9P/c1-12(2)36-19(32)13(3)26-39(34,38-14-8-6-5-7-9-14)35-11-16-17(30)22(4,27-28-24)20(37-16)29-10-15(23)18(31)25-21(29)33/h5-10,12-13,16-17,20,30H,11H2,1-4H3,(H,26,34)(H,25,31,33)/t13-,16-,17-,20-,22-,39-/m1/s1. The van der Waals surface area contributed by atoms with Gasteiger partial charge in [-0.3, -0.25) is 23.7 Å². The second kappa shape index (κ2) is 12.1. The molecule has 0 radical (unpaired) electrons. The fourth-order valence-corrected chi connectivity index (χ4v) is 5.23. The first-order valence-corrected chi connectivity index (χ1v) is 13.2. The summed E-state index contributed by atoms with van der Waals surface area (Å²) < 4.78 is 50.1. The zero-order valence-electron chi connectivity index (χ0n) is 21.4. The molecule has 1 aliphatic heterocycles. The Balaban J connectivity index is 1.89. The van der Waals surface area contributed by atoms with Crippen LogP contribution in [0.1, 0.15) is 33.9 Å². The number of aromatic amines is 1. The summed E-state index contributed by atoms with van der Waals surface area (Å²) in [6.45, 7) is 5.22. The summed E-state index contributed by atoms with van der Waals surface area (Å²) in [6, 6.07) is 6.73. The highest BCUT2D eigenvalue weighted by Gasteiger charge is 2.55. The van der Waals surface area contributed by atoms with Gasteiger partial charge in [0.2, 0.25) is 5.82 Å². The highest BCUT2D eigenvalue weighted by atomic mass is 31.2. The van der Waals surface area contributed by atoms with Gasteiger partial charge in [0.1, 0.15) is 23.4 Å². The third-order valence-corrected chi connectivity index (χ3v) is 7.27. The van der Waals surface area contributed by atoms with E-state index in [1.54, 1.807) is 37.0 Å². The molecular formula is C22H28FN6O9P. The van der Waals surface area contributed by atoms with Crippen LogP contribution in [0.5, 0.6) is 5.75 Å². The molecule has 1 saturated heterocycles. The normalized spacial score (nSPS) is 24.9. The van der Waals surface area contributed by atoms with Crippen molar-refractivity contribution >= 4 is 13.7 Å². The summed E-state index contributed by atoms with van der Waals surface area (Å²) in [5.41, 5.74) is 4.81. The molecule has 1 aromatic carbocycles. The van der Waals surface area contributed by atoms with Gasteiger partial charge in [0.25, 0.3) is 5.56 Å². The maximum atomic E-state index is 14.0. The molecule has 1 aromatic heterocycles. The van der Waals surface area contributed by atoms with Gasteiger partial charge in [-0.25, -0.2) is 9.36 Å². The van der Waals surface area contributed by atoms with E-state index in [9.17, 15) is 28.4 Å². The van der Waals surface area contributed by atoms with E-state index in [1.165, 1.54) is 26.0 Å². The largest absolute Gasteiger partial charge is 0.462 e. The average molecular weight is 570 g/mol. The van der Waals surface area contributed by atoms with E-state index in [0.29, 0.717) is 10.8 Å². The quantitative estimate of drug-likeness (QED) is 0.118. The zero-order chi connectivity index (χ0) is 29.0. The van der Waals surface area contributed by atoms with Gasteiger partial charge < -0.3 is 19.1 Å². The summed E-state index contributed by atoms with van der Waals surface area (Å²) in [7, 11) is -4.37. The van der Waals surface area contributed by atoms with Crippen LogP contribution < -0.4 is 20.9 Å². The number of H-pyrrole nitrogens is 1. The van der Waals surface area contributed by atoms with E-state index >= 15 is 0 Å². The van der Waals surface area contributed by atoms with Gasteiger partial charge in [-0.2, -0.15) is 9.48 Å². The maximum absolute atomic E-state index is 14.0. The summed E-state index contributed by atoms with van der Waals surface area (Å²) >= 11 is 0. The molecule has 0 unspecified atom stereocenters. The van der Waals surface area contributed by atoms with Crippen molar-refractivity contribution in [3.8, 4) is 5.75 Å². The van der Waals surface area contributed by atoms with Crippen molar-refractivity contribution in [3.05, 3.63) is 73.6 Å². The van der Waals surface area contributed by atoms with Gasteiger partial charge in [0, 0.05) is 4.91 Å². The minimum absolute atomic E-state index is 0.123. The smallest absolute Gasteiger partial charge is 0.459 e. The lowest BCUT2D eigenvalue weighted by atomic mass is 9.93. The predicted octanol–water partition coefficient (Wildman–Crippen LogP) is 2.14. The van der Waals surface area contributed by atoms with Crippen LogP contribution in [0.3, 0.4) is 0 Å². The second-order valence-corrected chi connectivity index (χ2v) is 10.8. The molecule has 3 rings (SSSR count). The van der Waals surface area contributed by atoms with Gasteiger partial charge in [-0.15, -0.1) is 0 Å². The maximum Gasteiger partial charge on any atom is 0.459 e. The minimum Gasteiger partial charge on any atom is -0.462 e. The SMILES string of the molecule is CC(C)OC(=O)[C@@H](C)N[P@@](=O)(OC[C@H]1O[C@@H](n2cc(F)c(=O)[nH]c2=O)[C@](C)(N=[N+]=[N-])[C@@H]1O)Oc1ccccc1. The fourth-order valence-electron chi connectivity index (χ4n) is 3.72. The van der Waals surface area contributed by atoms with Gasteiger partial charge in [-0.05, 0) is 45.4 Å². The number of hydrogen-bond acceptors (Lipinski definition) is 10. The molecule has 0 amide bonds. The number of ether oxygens (including phenoxy) is 2. The molecule has 1 aliphatic rings. The van der Waals surface area contributed by atoms with Crippen molar-refractivity contribution in [2.75, 3.05) is 6.61 Å². The molecule has 2 aromatic rings. The highest BCUT2D eigenvalue weighted by molar-refractivity contribution is 7.52. The van der Waals surface area contributed by atoms with E-state index in [1.807, 2.05) is 0 Å². The molecule has 1 fully saturated rings. The third-order valence-electron chi connectivity index (χ3n) is 5.63. The highest BCUT2D eigenvalue weighted by Crippen LogP contribution is 2.47. The number of carbonyl (C=O) groups excluding carboxylic acids is 1. The van der Waals surface area contributed by atoms with Crippen molar-refractivity contribution in [2.45, 2.75) is 63.8 Å². The lowest BCUT2D eigenvalue weighted by Gasteiger charge is -2.28. The molecule has 212 valence electrons. The van der Waals surface area contributed by atoms with Crippen LogP contribution in [0, 0.1) is 5.82 Å².